The van der Waals surface area contributed by atoms with Crippen molar-refractivity contribution >= 4 is 16.9 Å². The smallest absolute Gasteiger partial charge is 0.146 e. The molecule has 1 aliphatic heterocycles. The number of fused-ring (bicyclic) bond motifs is 1. The van der Waals surface area contributed by atoms with Crippen LogP contribution >= 0.6 is 0 Å². The van der Waals surface area contributed by atoms with Crippen LogP contribution in [0.15, 0.2) is 12.3 Å². The van der Waals surface area contributed by atoms with E-state index in [4.69, 9.17) is 4.74 Å². The van der Waals surface area contributed by atoms with E-state index in [0.29, 0.717) is 24.2 Å². The van der Waals surface area contributed by atoms with E-state index in [-0.39, 0.29) is 11.8 Å². The molecule has 1 saturated heterocycles. The molecule has 1 unspecified atom stereocenters. The van der Waals surface area contributed by atoms with Crippen LogP contribution in [0.25, 0.3) is 11.0 Å². The first-order chi connectivity index (χ1) is 8.66. The number of aromatic nitrogens is 3. The molecule has 2 aromatic rings. The zero-order valence-electron chi connectivity index (χ0n) is 10.5. The Labute approximate surface area is 105 Å². The van der Waals surface area contributed by atoms with Crippen LogP contribution in [0.5, 0.6) is 5.75 Å². The minimum absolute atomic E-state index is 0.216. The Bertz CT molecular complexity index is 581. The fourth-order valence-corrected chi connectivity index (χ4v) is 2.37. The lowest BCUT2D eigenvalue weighted by atomic mass is 10.2. The Hall–Kier alpha value is -1.82. The van der Waals surface area contributed by atoms with Gasteiger partial charge in [0.1, 0.15) is 22.6 Å². The van der Waals surface area contributed by atoms with Gasteiger partial charge >= 0.3 is 0 Å². The predicted octanol–water partition coefficient (Wildman–Crippen LogP) is 0.899. The number of hydrogen-bond donors (Lipinski definition) is 1. The van der Waals surface area contributed by atoms with E-state index < -0.39 is 0 Å². The van der Waals surface area contributed by atoms with Gasteiger partial charge in [0, 0.05) is 19.7 Å². The second-order valence-electron chi connectivity index (χ2n) is 4.62. The minimum Gasteiger partial charge on any atom is -0.505 e. The largest absolute Gasteiger partial charge is 0.505 e. The number of hydrogen-bond acceptors (Lipinski definition) is 5. The highest BCUT2D eigenvalue weighted by Crippen LogP contribution is 2.28. The molecule has 6 nitrogen and oxygen atoms in total. The second-order valence-corrected chi connectivity index (χ2v) is 4.62. The number of nitrogens with zero attached hydrogens (tertiary/aromatic N) is 4. The maximum atomic E-state index is 10.1. The average Bonchev–Trinajstić information content (AvgIpc) is 2.72. The maximum absolute atomic E-state index is 10.1. The first-order valence-electron chi connectivity index (χ1n) is 6.03. The predicted molar refractivity (Wildman–Crippen MR) is 67.8 cm³/mol. The molecule has 18 heavy (non-hydrogen) atoms. The van der Waals surface area contributed by atoms with E-state index in [1.165, 1.54) is 0 Å². The monoisotopic (exact) mass is 248 g/mol. The first-order valence-corrected chi connectivity index (χ1v) is 6.03. The van der Waals surface area contributed by atoms with Gasteiger partial charge in [-0.15, -0.1) is 0 Å². The number of morpholine rings is 1. The second kappa shape index (κ2) is 4.13. The molecule has 1 aliphatic rings. The number of aromatic hydroxyl groups is 1. The molecule has 1 fully saturated rings. The summed E-state index contributed by atoms with van der Waals surface area (Å²) in [7, 11) is 1.79. The highest BCUT2D eigenvalue weighted by molar-refractivity contribution is 5.83. The van der Waals surface area contributed by atoms with E-state index in [0.717, 1.165) is 12.4 Å². The Morgan fingerprint density at radius 2 is 2.33 bits per heavy atom. The topological polar surface area (TPSA) is 63.4 Å². The van der Waals surface area contributed by atoms with Crippen LogP contribution in [0, 0.1) is 0 Å². The van der Waals surface area contributed by atoms with Crippen molar-refractivity contribution in [1.29, 1.82) is 0 Å². The van der Waals surface area contributed by atoms with E-state index in [1.807, 2.05) is 0 Å². The summed E-state index contributed by atoms with van der Waals surface area (Å²) in [5.41, 5.74) is 1.38. The third-order valence-corrected chi connectivity index (χ3v) is 3.32. The van der Waals surface area contributed by atoms with Gasteiger partial charge < -0.3 is 14.7 Å². The summed E-state index contributed by atoms with van der Waals surface area (Å²) in [5, 5.41) is 14.2. The summed E-state index contributed by atoms with van der Waals surface area (Å²) in [6.45, 7) is 4.26. The zero-order chi connectivity index (χ0) is 12.7. The van der Waals surface area contributed by atoms with E-state index in [1.54, 1.807) is 24.0 Å². The van der Waals surface area contributed by atoms with E-state index >= 15 is 0 Å². The van der Waals surface area contributed by atoms with Crippen molar-refractivity contribution in [3.63, 3.8) is 0 Å². The summed E-state index contributed by atoms with van der Waals surface area (Å²) >= 11 is 0. The Kier molecular flexibility index (Phi) is 2.59. The Balaban J connectivity index is 2.07. The van der Waals surface area contributed by atoms with Crippen LogP contribution in [-0.4, -0.2) is 45.7 Å². The van der Waals surface area contributed by atoms with E-state index in [2.05, 4.69) is 21.9 Å². The van der Waals surface area contributed by atoms with Gasteiger partial charge in [-0.3, -0.25) is 4.68 Å². The fraction of sp³-hybridized carbons (Fsp3) is 0.500. The normalized spacial score (nSPS) is 20.6. The maximum Gasteiger partial charge on any atom is 0.146 e. The molecule has 0 aliphatic carbocycles. The molecular weight excluding hydrogens is 232 g/mol. The molecule has 0 amide bonds. The highest BCUT2D eigenvalue weighted by Gasteiger charge is 2.22. The van der Waals surface area contributed by atoms with Gasteiger partial charge in [-0.2, -0.15) is 5.10 Å². The van der Waals surface area contributed by atoms with Crippen molar-refractivity contribution < 1.29 is 9.84 Å². The minimum atomic E-state index is 0.216. The summed E-state index contributed by atoms with van der Waals surface area (Å²) in [6.07, 6.45) is 1.67. The van der Waals surface area contributed by atoms with Crippen molar-refractivity contribution in [1.82, 2.24) is 14.8 Å². The van der Waals surface area contributed by atoms with Crippen LogP contribution in [0.3, 0.4) is 0 Å². The molecule has 0 radical (unpaired) electrons. The standard InChI is InChI=1S/C12H16N4O2/c1-8-7-18-4-3-16(8)11-5-10(17)12-9(14-11)6-13-15(12)2/h5-6,8H,3-4,7H2,1-2H3,(H,14,17). The third-order valence-electron chi connectivity index (χ3n) is 3.32. The molecule has 0 bridgehead atoms. The molecule has 3 heterocycles. The number of anilines is 1. The molecule has 3 rings (SSSR count). The summed E-state index contributed by atoms with van der Waals surface area (Å²) in [6, 6.07) is 1.96. The van der Waals surface area contributed by atoms with Crippen molar-refractivity contribution in [3.05, 3.63) is 12.3 Å². The molecule has 0 saturated carbocycles. The van der Waals surface area contributed by atoms with Gasteiger partial charge in [-0.25, -0.2) is 4.98 Å². The van der Waals surface area contributed by atoms with Crippen LogP contribution in [-0.2, 0) is 11.8 Å². The summed E-state index contributed by atoms with van der Waals surface area (Å²) in [5.74, 6) is 0.998. The van der Waals surface area contributed by atoms with Crippen molar-refractivity contribution in [3.8, 4) is 5.75 Å². The van der Waals surface area contributed by atoms with Crippen molar-refractivity contribution in [2.24, 2.45) is 7.05 Å². The molecule has 1 atom stereocenters. The van der Waals surface area contributed by atoms with Crippen LogP contribution in [0.2, 0.25) is 0 Å². The molecule has 0 aromatic carbocycles. The summed E-state index contributed by atoms with van der Waals surface area (Å²) < 4.78 is 7.04. The van der Waals surface area contributed by atoms with Gasteiger partial charge in [0.2, 0.25) is 0 Å². The molecule has 6 heteroatoms. The molecule has 2 aromatic heterocycles. The molecule has 0 spiro atoms. The lowest BCUT2D eigenvalue weighted by Crippen LogP contribution is -2.44. The summed E-state index contributed by atoms with van der Waals surface area (Å²) in [4.78, 5) is 6.71. The third kappa shape index (κ3) is 1.69. The van der Waals surface area contributed by atoms with E-state index in [9.17, 15) is 5.11 Å². The Morgan fingerprint density at radius 1 is 1.50 bits per heavy atom. The number of ether oxygens (including phenoxy) is 1. The number of pyridine rings is 1. The van der Waals surface area contributed by atoms with Gasteiger partial charge in [0.05, 0.1) is 25.5 Å². The van der Waals surface area contributed by atoms with Crippen LogP contribution in [0.4, 0.5) is 5.82 Å². The fourth-order valence-electron chi connectivity index (χ4n) is 2.37. The first kappa shape index (κ1) is 11.3. The lowest BCUT2D eigenvalue weighted by Gasteiger charge is -2.34. The number of aryl methyl sites for hydroxylation is 1. The molecular formula is C12H16N4O2. The molecule has 1 N–H and O–H groups in total. The van der Waals surface area contributed by atoms with Crippen LogP contribution < -0.4 is 4.90 Å². The van der Waals surface area contributed by atoms with Crippen molar-refractivity contribution in [2.45, 2.75) is 13.0 Å². The zero-order valence-corrected chi connectivity index (χ0v) is 10.5. The highest BCUT2D eigenvalue weighted by atomic mass is 16.5. The van der Waals surface area contributed by atoms with Gasteiger partial charge in [-0.1, -0.05) is 0 Å². The van der Waals surface area contributed by atoms with Crippen molar-refractivity contribution in [2.75, 3.05) is 24.7 Å². The molecule has 96 valence electrons. The van der Waals surface area contributed by atoms with Crippen LogP contribution in [0.1, 0.15) is 6.92 Å². The van der Waals surface area contributed by atoms with Gasteiger partial charge in [-0.05, 0) is 6.92 Å². The quantitative estimate of drug-likeness (QED) is 0.812. The lowest BCUT2D eigenvalue weighted by molar-refractivity contribution is 0.0985. The number of rotatable bonds is 1. The SMILES string of the molecule is CC1COCCN1c1cc(O)c2c(cnn2C)n1. The van der Waals surface area contributed by atoms with Gasteiger partial charge in [0.25, 0.3) is 0 Å². The average molecular weight is 248 g/mol. The Morgan fingerprint density at radius 3 is 3.11 bits per heavy atom. The van der Waals surface area contributed by atoms with Gasteiger partial charge in [0.15, 0.2) is 0 Å².